The summed E-state index contributed by atoms with van der Waals surface area (Å²) in [5.41, 5.74) is 8.29. The number of halogens is 1. The fourth-order valence-electron chi connectivity index (χ4n) is 1.73. The molecule has 0 unspecified atom stereocenters. The van der Waals surface area contributed by atoms with Crippen molar-refractivity contribution < 1.29 is 4.74 Å². The van der Waals surface area contributed by atoms with Gasteiger partial charge in [0, 0.05) is 11.6 Å². The summed E-state index contributed by atoms with van der Waals surface area (Å²) in [6.07, 6.45) is 0. The van der Waals surface area contributed by atoms with Crippen molar-refractivity contribution in [3.05, 3.63) is 34.5 Å². The fraction of sp³-hybridized carbons (Fsp3) is 0.308. The third kappa shape index (κ3) is 2.29. The molecule has 0 saturated carbocycles. The Hall–Kier alpha value is -1.68. The van der Waals surface area contributed by atoms with Crippen molar-refractivity contribution in [2.45, 2.75) is 27.3 Å². The molecule has 0 saturated heterocycles. The minimum absolute atomic E-state index is 0.575. The topological polar surface area (TPSA) is 53.1 Å². The maximum Gasteiger partial charge on any atom is 0.241 e. The van der Waals surface area contributed by atoms with Crippen LogP contribution < -0.4 is 10.5 Å². The summed E-state index contributed by atoms with van der Waals surface area (Å²) in [7, 11) is 0. The smallest absolute Gasteiger partial charge is 0.241 e. The van der Waals surface area contributed by atoms with E-state index in [4.69, 9.17) is 22.1 Å². The molecular formula is C13H16ClN3O. The normalized spacial score (nSPS) is 10.7. The van der Waals surface area contributed by atoms with Crippen molar-refractivity contribution in [3.63, 3.8) is 0 Å². The van der Waals surface area contributed by atoms with Crippen molar-refractivity contribution in [2.24, 2.45) is 0 Å². The number of nitrogens with zero attached hydrogens (tertiary/aromatic N) is 2. The molecule has 2 rings (SSSR count). The summed E-state index contributed by atoms with van der Waals surface area (Å²) < 4.78 is 7.60. The van der Waals surface area contributed by atoms with Gasteiger partial charge in [0.1, 0.15) is 11.4 Å². The summed E-state index contributed by atoms with van der Waals surface area (Å²) in [6.45, 7) is 6.51. The molecule has 1 aromatic carbocycles. The summed E-state index contributed by atoms with van der Waals surface area (Å²) in [6, 6.07) is 5.48. The molecule has 0 fully saturated rings. The number of anilines is 1. The lowest BCUT2D eigenvalue weighted by molar-refractivity contribution is 0.416. The Labute approximate surface area is 111 Å². The average Bonchev–Trinajstić information content (AvgIpc) is 2.60. The van der Waals surface area contributed by atoms with Crippen molar-refractivity contribution in [1.29, 1.82) is 0 Å². The van der Waals surface area contributed by atoms with E-state index >= 15 is 0 Å². The molecule has 0 atom stereocenters. The van der Waals surface area contributed by atoms with E-state index in [1.165, 1.54) is 0 Å². The van der Waals surface area contributed by atoms with E-state index in [-0.39, 0.29) is 0 Å². The lowest BCUT2D eigenvalue weighted by atomic mass is 10.2. The zero-order chi connectivity index (χ0) is 13.3. The van der Waals surface area contributed by atoms with Gasteiger partial charge in [0.25, 0.3) is 0 Å². The van der Waals surface area contributed by atoms with Crippen LogP contribution in [0.3, 0.4) is 0 Å². The van der Waals surface area contributed by atoms with Crippen LogP contribution in [0.1, 0.15) is 18.2 Å². The first-order valence-electron chi connectivity index (χ1n) is 5.79. The average molecular weight is 266 g/mol. The number of aromatic nitrogens is 2. The highest BCUT2D eigenvalue weighted by Gasteiger charge is 2.14. The quantitative estimate of drug-likeness (QED) is 0.923. The highest BCUT2D eigenvalue weighted by Crippen LogP contribution is 2.32. The molecule has 4 nitrogen and oxygen atoms in total. The van der Waals surface area contributed by atoms with Gasteiger partial charge >= 0.3 is 0 Å². The lowest BCUT2D eigenvalue weighted by Gasteiger charge is -2.10. The van der Waals surface area contributed by atoms with Gasteiger partial charge in [0.05, 0.1) is 5.69 Å². The molecule has 2 N–H and O–H groups in total. The van der Waals surface area contributed by atoms with Crippen LogP contribution in [-0.2, 0) is 6.54 Å². The van der Waals surface area contributed by atoms with Gasteiger partial charge in [-0.3, -0.25) is 0 Å². The van der Waals surface area contributed by atoms with Gasteiger partial charge in [-0.2, -0.15) is 5.10 Å². The Morgan fingerprint density at radius 1 is 1.39 bits per heavy atom. The van der Waals surface area contributed by atoms with Crippen LogP contribution in [0.15, 0.2) is 18.2 Å². The predicted octanol–water partition coefficient (Wildman–Crippen LogP) is 3.55. The van der Waals surface area contributed by atoms with E-state index in [9.17, 15) is 0 Å². The molecule has 0 aliphatic heterocycles. The molecule has 2 aromatic rings. The molecule has 1 heterocycles. The van der Waals surface area contributed by atoms with E-state index in [0.717, 1.165) is 17.0 Å². The molecule has 5 heteroatoms. The number of ether oxygens (including phenoxy) is 1. The minimum atomic E-state index is 0.575. The van der Waals surface area contributed by atoms with E-state index < -0.39 is 0 Å². The minimum Gasteiger partial charge on any atom is -0.437 e. The standard InChI is InChI=1S/C13H16ClN3O/c1-4-17-13(12(15)9(3)16-17)18-11-6-5-10(14)7-8(11)2/h5-7H,4,15H2,1-3H3. The lowest BCUT2D eigenvalue weighted by Crippen LogP contribution is -2.01. The molecular weight excluding hydrogens is 250 g/mol. The first-order chi connectivity index (χ1) is 8.52. The van der Waals surface area contributed by atoms with Crippen molar-refractivity contribution >= 4 is 17.3 Å². The maximum absolute atomic E-state index is 5.97. The van der Waals surface area contributed by atoms with Gasteiger partial charge in [-0.15, -0.1) is 0 Å². The number of hydrogen-bond donors (Lipinski definition) is 1. The van der Waals surface area contributed by atoms with Gasteiger partial charge in [-0.05, 0) is 44.5 Å². The molecule has 96 valence electrons. The van der Waals surface area contributed by atoms with Crippen molar-refractivity contribution in [3.8, 4) is 11.6 Å². The molecule has 18 heavy (non-hydrogen) atoms. The van der Waals surface area contributed by atoms with Crippen LogP contribution in [0, 0.1) is 13.8 Å². The highest BCUT2D eigenvalue weighted by molar-refractivity contribution is 6.30. The second-order valence-electron chi connectivity index (χ2n) is 4.13. The first kappa shape index (κ1) is 12.8. The molecule has 0 spiro atoms. The molecule has 0 aliphatic carbocycles. The number of rotatable bonds is 3. The summed E-state index contributed by atoms with van der Waals surface area (Å²) in [5.74, 6) is 1.32. The molecule has 0 bridgehead atoms. The van der Waals surface area contributed by atoms with Crippen LogP contribution in [0.5, 0.6) is 11.6 Å². The third-order valence-corrected chi connectivity index (χ3v) is 3.00. The summed E-state index contributed by atoms with van der Waals surface area (Å²) >= 11 is 5.92. The number of aryl methyl sites for hydroxylation is 3. The van der Waals surface area contributed by atoms with Crippen LogP contribution >= 0.6 is 11.6 Å². The Morgan fingerprint density at radius 2 is 2.11 bits per heavy atom. The summed E-state index contributed by atoms with van der Waals surface area (Å²) in [5, 5.41) is 5.00. The first-order valence-corrected chi connectivity index (χ1v) is 6.17. The van der Waals surface area contributed by atoms with Gasteiger partial charge in [-0.25, -0.2) is 4.68 Å². The SMILES string of the molecule is CCn1nc(C)c(N)c1Oc1ccc(Cl)cc1C. The maximum atomic E-state index is 5.97. The van der Waals surface area contributed by atoms with Crippen LogP contribution in [-0.4, -0.2) is 9.78 Å². The van der Waals surface area contributed by atoms with Crippen LogP contribution in [0.4, 0.5) is 5.69 Å². The molecule has 1 aromatic heterocycles. The predicted molar refractivity (Wildman–Crippen MR) is 73.3 cm³/mol. The zero-order valence-electron chi connectivity index (χ0n) is 10.7. The van der Waals surface area contributed by atoms with Gasteiger partial charge in [-0.1, -0.05) is 11.6 Å². The largest absolute Gasteiger partial charge is 0.437 e. The Morgan fingerprint density at radius 3 is 2.72 bits per heavy atom. The second kappa shape index (κ2) is 4.90. The number of benzene rings is 1. The Bertz CT molecular complexity index is 578. The van der Waals surface area contributed by atoms with Crippen LogP contribution in [0.2, 0.25) is 5.02 Å². The zero-order valence-corrected chi connectivity index (χ0v) is 11.5. The van der Waals surface area contributed by atoms with E-state index in [0.29, 0.717) is 23.1 Å². The summed E-state index contributed by atoms with van der Waals surface area (Å²) in [4.78, 5) is 0. The second-order valence-corrected chi connectivity index (χ2v) is 4.57. The Balaban J connectivity index is 2.39. The molecule has 0 amide bonds. The van der Waals surface area contributed by atoms with E-state index in [1.807, 2.05) is 32.9 Å². The number of nitrogens with two attached hydrogens (primary N) is 1. The fourth-order valence-corrected chi connectivity index (χ4v) is 1.95. The van der Waals surface area contributed by atoms with E-state index in [1.54, 1.807) is 10.7 Å². The van der Waals surface area contributed by atoms with Crippen LogP contribution in [0.25, 0.3) is 0 Å². The number of hydrogen-bond acceptors (Lipinski definition) is 3. The number of nitrogen functional groups attached to an aromatic ring is 1. The molecule has 0 radical (unpaired) electrons. The van der Waals surface area contributed by atoms with Crippen molar-refractivity contribution in [1.82, 2.24) is 9.78 Å². The van der Waals surface area contributed by atoms with Gasteiger partial charge in [0.15, 0.2) is 0 Å². The van der Waals surface area contributed by atoms with Crippen molar-refractivity contribution in [2.75, 3.05) is 5.73 Å². The monoisotopic (exact) mass is 265 g/mol. The Kier molecular flexibility index (Phi) is 3.48. The van der Waals surface area contributed by atoms with Gasteiger partial charge in [0.2, 0.25) is 5.88 Å². The molecule has 0 aliphatic rings. The third-order valence-electron chi connectivity index (χ3n) is 2.77. The highest BCUT2D eigenvalue weighted by atomic mass is 35.5. The van der Waals surface area contributed by atoms with E-state index in [2.05, 4.69) is 5.10 Å². The van der Waals surface area contributed by atoms with Gasteiger partial charge < -0.3 is 10.5 Å².